The fourth-order valence-corrected chi connectivity index (χ4v) is 4.11. The summed E-state index contributed by atoms with van der Waals surface area (Å²) in [6.07, 6.45) is 5.40. The SMILES string of the molecule is CCc1cc(Nc2nccn3c(-c4ccc(OC)c(F)c4F)cnc23)ccc1C(=O)NCCNC(=O)CCN. The number of nitrogens with one attached hydrogen (secondary N) is 3. The van der Waals surface area contributed by atoms with Crippen LogP contribution in [0.3, 0.4) is 0 Å². The van der Waals surface area contributed by atoms with Gasteiger partial charge in [0.2, 0.25) is 11.7 Å². The van der Waals surface area contributed by atoms with Gasteiger partial charge in [0.1, 0.15) is 0 Å². The molecule has 2 aromatic carbocycles. The van der Waals surface area contributed by atoms with E-state index in [-0.39, 0.29) is 42.6 Å². The Kier molecular flexibility index (Phi) is 8.67. The van der Waals surface area contributed by atoms with E-state index in [0.717, 1.165) is 5.56 Å². The molecule has 5 N–H and O–H groups in total. The first-order valence-electron chi connectivity index (χ1n) is 12.4. The van der Waals surface area contributed by atoms with Gasteiger partial charge in [-0.15, -0.1) is 0 Å². The molecule has 0 aliphatic carbocycles. The molecule has 204 valence electrons. The van der Waals surface area contributed by atoms with Crippen molar-refractivity contribution in [2.45, 2.75) is 19.8 Å². The van der Waals surface area contributed by atoms with Crippen molar-refractivity contribution < 1.29 is 23.1 Å². The molecule has 12 heteroatoms. The Labute approximate surface area is 223 Å². The van der Waals surface area contributed by atoms with Crippen molar-refractivity contribution in [2.24, 2.45) is 5.73 Å². The molecule has 0 bridgehead atoms. The number of hydrogen-bond acceptors (Lipinski definition) is 7. The molecule has 0 spiro atoms. The molecule has 39 heavy (non-hydrogen) atoms. The molecule has 4 aromatic rings. The van der Waals surface area contributed by atoms with E-state index >= 15 is 0 Å². The lowest BCUT2D eigenvalue weighted by Gasteiger charge is -2.13. The van der Waals surface area contributed by atoms with Gasteiger partial charge in [-0.3, -0.25) is 14.0 Å². The largest absolute Gasteiger partial charge is 0.494 e. The number of nitrogens with two attached hydrogens (primary N) is 1. The zero-order valence-corrected chi connectivity index (χ0v) is 21.6. The smallest absolute Gasteiger partial charge is 0.251 e. The van der Waals surface area contributed by atoms with Gasteiger partial charge in [0, 0.05) is 55.3 Å². The minimum Gasteiger partial charge on any atom is -0.494 e. The Morgan fingerprint density at radius 2 is 1.87 bits per heavy atom. The molecule has 0 fully saturated rings. The van der Waals surface area contributed by atoms with Crippen molar-refractivity contribution in [1.82, 2.24) is 25.0 Å². The van der Waals surface area contributed by atoms with Crippen LogP contribution in [0.5, 0.6) is 5.75 Å². The normalized spacial score (nSPS) is 10.9. The Hall–Kier alpha value is -4.58. The summed E-state index contributed by atoms with van der Waals surface area (Å²) in [4.78, 5) is 32.9. The molecule has 4 rings (SSSR count). The number of amides is 2. The monoisotopic (exact) mass is 537 g/mol. The third-order valence-corrected chi connectivity index (χ3v) is 6.07. The lowest BCUT2D eigenvalue weighted by molar-refractivity contribution is -0.120. The van der Waals surface area contributed by atoms with E-state index in [9.17, 15) is 18.4 Å². The van der Waals surface area contributed by atoms with E-state index in [1.165, 1.54) is 31.6 Å². The van der Waals surface area contributed by atoms with Crippen molar-refractivity contribution >= 4 is 29.0 Å². The highest BCUT2D eigenvalue weighted by Crippen LogP contribution is 2.31. The van der Waals surface area contributed by atoms with Crippen molar-refractivity contribution in [1.29, 1.82) is 0 Å². The number of anilines is 2. The number of carbonyl (C=O) groups excluding carboxylic acids is 2. The van der Waals surface area contributed by atoms with Crippen molar-refractivity contribution in [3.05, 3.63) is 71.7 Å². The first-order chi connectivity index (χ1) is 18.9. The lowest BCUT2D eigenvalue weighted by atomic mass is 10.0. The summed E-state index contributed by atoms with van der Waals surface area (Å²) in [6, 6.07) is 8.07. The van der Waals surface area contributed by atoms with E-state index in [0.29, 0.717) is 41.4 Å². The van der Waals surface area contributed by atoms with E-state index in [4.69, 9.17) is 10.5 Å². The Bertz CT molecular complexity index is 1510. The number of nitrogens with zero attached hydrogens (tertiary/aromatic N) is 3. The fraction of sp³-hybridized carbons (Fsp3) is 0.259. The first kappa shape index (κ1) is 27.5. The third-order valence-electron chi connectivity index (χ3n) is 6.07. The van der Waals surface area contributed by atoms with Gasteiger partial charge in [0.15, 0.2) is 23.0 Å². The summed E-state index contributed by atoms with van der Waals surface area (Å²) < 4.78 is 35.5. The maximum atomic E-state index is 14.8. The maximum Gasteiger partial charge on any atom is 0.251 e. The van der Waals surface area contributed by atoms with E-state index in [2.05, 4.69) is 25.9 Å². The number of hydrogen-bond donors (Lipinski definition) is 4. The molecule has 0 atom stereocenters. The molecule has 0 unspecified atom stereocenters. The van der Waals surface area contributed by atoms with Crippen LogP contribution in [0.25, 0.3) is 16.9 Å². The zero-order chi connectivity index (χ0) is 27.9. The second-order valence-corrected chi connectivity index (χ2v) is 8.55. The van der Waals surface area contributed by atoms with Crippen molar-refractivity contribution in [2.75, 3.05) is 32.1 Å². The van der Waals surface area contributed by atoms with Crippen LogP contribution in [0.15, 0.2) is 48.9 Å². The third kappa shape index (κ3) is 5.96. The molecule has 0 aliphatic rings. The van der Waals surface area contributed by atoms with E-state index < -0.39 is 11.6 Å². The fourth-order valence-electron chi connectivity index (χ4n) is 4.11. The number of halogens is 2. The Morgan fingerprint density at radius 3 is 2.62 bits per heavy atom. The molecule has 2 amide bonds. The number of ether oxygens (including phenoxy) is 1. The molecular formula is C27H29F2N7O3. The lowest BCUT2D eigenvalue weighted by Crippen LogP contribution is -2.35. The van der Waals surface area contributed by atoms with Gasteiger partial charge in [-0.2, -0.15) is 4.39 Å². The highest BCUT2D eigenvalue weighted by molar-refractivity contribution is 5.96. The van der Waals surface area contributed by atoms with Gasteiger partial charge in [-0.25, -0.2) is 14.4 Å². The molecule has 0 saturated heterocycles. The topological polar surface area (TPSA) is 136 Å². The predicted molar refractivity (Wildman–Crippen MR) is 143 cm³/mol. The average molecular weight is 538 g/mol. The highest BCUT2D eigenvalue weighted by atomic mass is 19.2. The van der Waals surface area contributed by atoms with Crippen LogP contribution in [-0.4, -0.2) is 52.9 Å². The maximum absolute atomic E-state index is 14.8. The van der Waals surface area contributed by atoms with Crippen LogP contribution in [0.2, 0.25) is 0 Å². The zero-order valence-electron chi connectivity index (χ0n) is 21.6. The molecule has 0 saturated carbocycles. The number of benzene rings is 2. The molecule has 0 radical (unpaired) electrons. The second kappa shape index (κ2) is 12.3. The summed E-state index contributed by atoms with van der Waals surface area (Å²) in [5.74, 6) is -2.33. The first-order valence-corrected chi connectivity index (χ1v) is 12.4. The van der Waals surface area contributed by atoms with Crippen LogP contribution in [0.4, 0.5) is 20.3 Å². The number of methoxy groups -OCH3 is 1. The van der Waals surface area contributed by atoms with Gasteiger partial charge >= 0.3 is 0 Å². The Morgan fingerprint density at radius 1 is 1.08 bits per heavy atom. The average Bonchev–Trinajstić information content (AvgIpc) is 3.37. The summed E-state index contributed by atoms with van der Waals surface area (Å²) in [6.45, 7) is 2.79. The van der Waals surface area contributed by atoms with Crippen LogP contribution >= 0.6 is 0 Å². The number of aryl methyl sites for hydroxylation is 1. The van der Waals surface area contributed by atoms with Crippen LogP contribution in [0.1, 0.15) is 29.3 Å². The van der Waals surface area contributed by atoms with Gasteiger partial charge in [0.25, 0.3) is 5.91 Å². The van der Waals surface area contributed by atoms with Crippen molar-refractivity contribution in [3.63, 3.8) is 0 Å². The van der Waals surface area contributed by atoms with Gasteiger partial charge in [0.05, 0.1) is 19.0 Å². The molecule has 0 aliphatic heterocycles. The molecule has 2 aromatic heterocycles. The minimum absolute atomic E-state index is 0.0283. The number of fused-ring (bicyclic) bond motifs is 1. The van der Waals surface area contributed by atoms with Gasteiger partial charge < -0.3 is 26.4 Å². The second-order valence-electron chi connectivity index (χ2n) is 8.55. The molecular weight excluding hydrogens is 508 g/mol. The summed E-state index contributed by atoms with van der Waals surface area (Å²) in [7, 11) is 1.27. The molecule has 10 nitrogen and oxygen atoms in total. The highest BCUT2D eigenvalue weighted by Gasteiger charge is 2.19. The minimum atomic E-state index is -1.08. The number of aromatic nitrogens is 3. The summed E-state index contributed by atoms with van der Waals surface area (Å²) >= 11 is 0. The van der Waals surface area contributed by atoms with Crippen molar-refractivity contribution in [3.8, 4) is 17.0 Å². The summed E-state index contributed by atoms with van der Waals surface area (Å²) in [5, 5.41) is 8.69. The quantitative estimate of drug-likeness (QED) is 0.216. The van der Waals surface area contributed by atoms with E-state index in [1.54, 1.807) is 22.7 Å². The number of rotatable bonds is 11. The number of carbonyl (C=O) groups is 2. The number of imidazole rings is 1. The summed E-state index contributed by atoms with van der Waals surface area (Å²) in [5.41, 5.74) is 8.11. The predicted octanol–water partition coefficient (Wildman–Crippen LogP) is 3.18. The Balaban J connectivity index is 1.52. The van der Waals surface area contributed by atoms with Gasteiger partial charge in [-0.1, -0.05) is 6.92 Å². The van der Waals surface area contributed by atoms with Crippen LogP contribution < -0.4 is 26.4 Å². The van der Waals surface area contributed by atoms with Gasteiger partial charge in [-0.05, 0) is 42.3 Å². The van der Waals surface area contributed by atoms with Crippen LogP contribution in [-0.2, 0) is 11.2 Å². The standard InChI is InChI=1S/C27H29F2N7O3/c1-3-16-14-17(4-5-18(16)27(38)33-11-10-31-22(37)8-9-30)35-25-26-34-15-20(36(26)13-12-32-25)19-6-7-21(39-2)24(29)23(19)28/h4-7,12-15H,3,8-11,30H2,1-2H3,(H,31,37)(H,32,35)(H,33,38). The van der Waals surface area contributed by atoms with Crippen LogP contribution in [0, 0.1) is 11.6 Å². The van der Waals surface area contributed by atoms with E-state index in [1.807, 2.05) is 13.0 Å². The molecule has 2 heterocycles.